The number of methoxy groups -OCH3 is 3. The zero-order valence-corrected chi connectivity index (χ0v) is 18.0. The van der Waals surface area contributed by atoms with Crippen LogP contribution >= 0.6 is 11.8 Å². The predicted molar refractivity (Wildman–Crippen MR) is 119 cm³/mol. The average Bonchev–Trinajstić information content (AvgIpc) is 3.16. The van der Waals surface area contributed by atoms with E-state index in [-0.39, 0.29) is 17.5 Å². The van der Waals surface area contributed by atoms with Gasteiger partial charge < -0.3 is 20.1 Å². The number of hydrazone groups is 1. The number of nitrogens with one attached hydrogen (secondary N) is 1. The lowest BCUT2D eigenvalue weighted by Crippen LogP contribution is -2.14. The molecule has 31 heavy (non-hydrogen) atoms. The number of thioether (sulfide) groups is 1. The van der Waals surface area contributed by atoms with Crippen LogP contribution in [0.1, 0.15) is 15.9 Å². The Morgan fingerprint density at radius 3 is 2.68 bits per heavy atom. The van der Waals surface area contributed by atoms with Gasteiger partial charge in [-0.2, -0.15) is 5.10 Å². The monoisotopic (exact) mass is 442 g/mol. The second-order valence-corrected chi connectivity index (χ2v) is 7.05. The summed E-state index contributed by atoms with van der Waals surface area (Å²) in [4.78, 5) is 12.5. The fourth-order valence-corrected chi connectivity index (χ4v) is 3.31. The van der Waals surface area contributed by atoms with Gasteiger partial charge >= 0.3 is 0 Å². The van der Waals surface area contributed by atoms with Gasteiger partial charge in [-0.15, -0.1) is 10.2 Å². The number of nitrogens with two attached hydrogens (primary N) is 1. The molecule has 0 aliphatic rings. The Kier molecular flexibility index (Phi) is 7.33. The highest BCUT2D eigenvalue weighted by atomic mass is 32.2. The number of benzene rings is 2. The molecule has 0 radical (unpaired) electrons. The maximum Gasteiger partial charge on any atom is 0.264 e. The molecule has 0 saturated heterocycles. The maximum atomic E-state index is 12.5. The van der Waals surface area contributed by atoms with Crippen molar-refractivity contribution in [3.05, 3.63) is 53.6 Å². The van der Waals surface area contributed by atoms with E-state index in [2.05, 4.69) is 20.7 Å². The Balaban J connectivity index is 1.60. The molecule has 3 rings (SSSR count). The highest BCUT2D eigenvalue weighted by Crippen LogP contribution is 2.28. The summed E-state index contributed by atoms with van der Waals surface area (Å²) in [5, 5.41) is 12.4. The number of anilines is 1. The predicted octanol–water partition coefficient (Wildman–Crippen LogP) is 2.44. The first-order valence-corrected chi connectivity index (χ1v) is 10.1. The Morgan fingerprint density at radius 1 is 1.13 bits per heavy atom. The summed E-state index contributed by atoms with van der Waals surface area (Å²) in [5.74, 6) is 8.02. The summed E-state index contributed by atoms with van der Waals surface area (Å²) in [5.41, 5.74) is 4.06. The summed E-state index contributed by atoms with van der Waals surface area (Å²) in [6.45, 7) is 0. The van der Waals surface area contributed by atoms with Crippen molar-refractivity contribution in [2.24, 2.45) is 5.10 Å². The second kappa shape index (κ2) is 10.3. The van der Waals surface area contributed by atoms with Crippen molar-refractivity contribution in [2.45, 2.75) is 5.16 Å². The van der Waals surface area contributed by atoms with Crippen LogP contribution in [-0.4, -0.2) is 54.0 Å². The van der Waals surface area contributed by atoms with Crippen LogP contribution in [0.4, 0.5) is 5.95 Å². The minimum absolute atomic E-state index is 0.112. The molecule has 0 atom stereocenters. The number of hydrogen-bond acceptors (Lipinski definition) is 10. The summed E-state index contributed by atoms with van der Waals surface area (Å²) in [6.07, 6.45) is 1.60. The molecule has 0 saturated carbocycles. The van der Waals surface area contributed by atoms with Gasteiger partial charge in [-0.05, 0) is 35.9 Å². The van der Waals surface area contributed by atoms with Gasteiger partial charge in [-0.1, -0.05) is 23.9 Å². The maximum absolute atomic E-state index is 12.5. The minimum Gasteiger partial charge on any atom is -0.497 e. The molecule has 11 heteroatoms. The number of hydrogen-bond donors (Lipinski definition) is 2. The standard InChI is InChI=1S/C20H22N6O4S/c1-28-15-6-4-5-13(9-15)11-22-23-19-24-25-20(26(19)21)31-12-16(27)14-7-8-17(29-2)18(10-14)30-3/h4-11H,12,21H2,1-3H3,(H,23,24)/b22-11+. The molecule has 162 valence electrons. The molecule has 1 aromatic heterocycles. The van der Waals surface area contributed by atoms with Crippen LogP contribution in [-0.2, 0) is 0 Å². The molecule has 0 amide bonds. The largest absolute Gasteiger partial charge is 0.497 e. The molecule has 3 aromatic rings. The lowest BCUT2D eigenvalue weighted by molar-refractivity contribution is 0.102. The molecular formula is C20H22N6O4S. The van der Waals surface area contributed by atoms with Gasteiger partial charge in [0.15, 0.2) is 17.3 Å². The number of carbonyl (C=O) groups is 1. The summed E-state index contributed by atoms with van der Waals surface area (Å²) in [7, 11) is 4.65. The first-order chi connectivity index (χ1) is 15.0. The van der Waals surface area contributed by atoms with Crippen molar-refractivity contribution in [1.82, 2.24) is 14.9 Å². The van der Waals surface area contributed by atoms with Crippen LogP contribution < -0.4 is 25.5 Å². The molecule has 0 aliphatic carbocycles. The van der Waals surface area contributed by atoms with Gasteiger partial charge in [-0.3, -0.25) is 4.79 Å². The van der Waals surface area contributed by atoms with Crippen molar-refractivity contribution < 1.29 is 19.0 Å². The van der Waals surface area contributed by atoms with Crippen LogP contribution in [0.25, 0.3) is 0 Å². The van der Waals surface area contributed by atoms with E-state index >= 15 is 0 Å². The summed E-state index contributed by atoms with van der Waals surface area (Å²) in [6, 6.07) is 12.4. The number of Topliss-reactive ketones (excluding diaryl/α,β-unsaturated/α-hetero) is 1. The van der Waals surface area contributed by atoms with Crippen molar-refractivity contribution in [2.75, 3.05) is 38.4 Å². The molecule has 0 spiro atoms. The summed E-state index contributed by atoms with van der Waals surface area (Å²) >= 11 is 1.16. The molecule has 0 aliphatic heterocycles. The Labute approximate surface area is 183 Å². The van der Waals surface area contributed by atoms with Crippen LogP contribution in [0, 0.1) is 0 Å². The molecule has 2 aromatic carbocycles. The van der Waals surface area contributed by atoms with E-state index in [1.54, 1.807) is 31.5 Å². The third-order valence-corrected chi connectivity index (χ3v) is 5.12. The zero-order valence-electron chi connectivity index (χ0n) is 17.2. The molecule has 0 fully saturated rings. The summed E-state index contributed by atoms with van der Waals surface area (Å²) < 4.78 is 16.8. The SMILES string of the molecule is COc1cccc(/C=N/Nc2nnc(SCC(=O)c3ccc(OC)c(OC)c3)n2N)c1. The lowest BCUT2D eigenvalue weighted by atomic mass is 10.1. The van der Waals surface area contributed by atoms with E-state index in [1.165, 1.54) is 18.9 Å². The zero-order chi connectivity index (χ0) is 22.2. The van der Waals surface area contributed by atoms with Gasteiger partial charge in [0.25, 0.3) is 5.95 Å². The molecule has 3 N–H and O–H groups in total. The van der Waals surface area contributed by atoms with E-state index in [0.717, 1.165) is 23.1 Å². The van der Waals surface area contributed by atoms with E-state index in [4.69, 9.17) is 20.1 Å². The van der Waals surface area contributed by atoms with Crippen LogP contribution in [0.2, 0.25) is 0 Å². The van der Waals surface area contributed by atoms with Gasteiger partial charge in [0.2, 0.25) is 5.16 Å². The van der Waals surface area contributed by atoms with Crippen molar-refractivity contribution >= 4 is 29.7 Å². The van der Waals surface area contributed by atoms with Crippen LogP contribution in [0.3, 0.4) is 0 Å². The molecule has 10 nitrogen and oxygen atoms in total. The topological polar surface area (TPSA) is 126 Å². The minimum atomic E-state index is -0.112. The van der Waals surface area contributed by atoms with Gasteiger partial charge in [0.05, 0.1) is 33.3 Å². The molecule has 0 unspecified atom stereocenters. The van der Waals surface area contributed by atoms with Crippen LogP contribution in [0.15, 0.2) is 52.7 Å². The van der Waals surface area contributed by atoms with E-state index in [9.17, 15) is 4.79 Å². The number of ketones is 1. The number of aromatic nitrogens is 3. The fourth-order valence-electron chi connectivity index (χ4n) is 2.56. The second-order valence-electron chi connectivity index (χ2n) is 6.10. The quantitative estimate of drug-likeness (QED) is 0.160. The highest BCUT2D eigenvalue weighted by molar-refractivity contribution is 7.99. The van der Waals surface area contributed by atoms with E-state index < -0.39 is 0 Å². The number of ether oxygens (including phenoxy) is 3. The third kappa shape index (κ3) is 5.45. The molecule has 1 heterocycles. The first-order valence-electron chi connectivity index (χ1n) is 9.07. The average molecular weight is 443 g/mol. The number of rotatable bonds is 10. The van der Waals surface area contributed by atoms with Gasteiger partial charge in [0, 0.05) is 5.56 Å². The molecule has 0 bridgehead atoms. The number of nitrogen functional groups attached to an aromatic ring is 1. The fraction of sp³-hybridized carbons (Fsp3) is 0.200. The lowest BCUT2D eigenvalue weighted by Gasteiger charge is -2.09. The number of carbonyl (C=O) groups excluding carboxylic acids is 1. The normalized spacial score (nSPS) is 10.8. The van der Waals surface area contributed by atoms with E-state index in [0.29, 0.717) is 22.2 Å². The van der Waals surface area contributed by atoms with Gasteiger partial charge in [-0.25, -0.2) is 10.1 Å². The third-order valence-electron chi connectivity index (χ3n) is 4.17. The molecular weight excluding hydrogens is 420 g/mol. The van der Waals surface area contributed by atoms with Crippen molar-refractivity contribution in [3.8, 4) is 17.2 Å². The smallest absolute Gasteiger partial charge is 0.264 e. The Hall–Kier alpha value is -3.73. The van der Waals surface area contributed by atoms with Gasteiger partial charge in [0.1, 0.15) is 5.75 Å². The Morgan fingerprint density at radius 2 is 1.94 bits per heavy atom. The van der Waals surface area contributed by atoms with E-state index in [1.807, 2.05) is 24.3 Å². The van der Waals surface area contributed by atoms with Crippen molar-refractivity contribution in [3.63, 3.8) is 0 Å². The van der Waals surface area contributed by atoms with Crippen molar-refractivity contribution in [1.29, 1.82) is 0 Å². The first kappa shape index (κ1) is 22.0. The number of nitrogens with zero attached hydrogens (tertiary/aromatic N) is 4. The highest BCUT2D eigenvalue weighted by Gasteiger charge is 2.15. The Bertz CT molecular complexity index is 1090. The van der Waals surface area contributed by atoms with Crippen LogP contribution in [0.5, 0.6) is 17.2 Å².